The van der Waals surface area contributed by atoms with Gasteiger partial charge in [-0.25, -0.2) is 0 Å². The number of carbonyl (C=O) groups excluding carboxylic acids is 1. The number of amides is 1. The molecule has 4 N–H and O–H groups in total. The molecule has 0 bridgehead atoms. The number of aliphatic hydroxyl groups is 1. The van der Waals surface area contributed by atoms with Crippen molar-refractivity contribution in [3.05, 3.63) is 5.56 Å². The monoisotopic (exact) mass is 270 g/mol. The van der Waals surface area contributed by atoms with Gasteiger partial charge >= 0.3 is 0 Å². The van der Waals surface area contributed by atoms with E-state index in [1.54, 1.807) is 0 Å². The predicted molar refractivity (Wildman–Crippen MR) is 72.0 cm³/mol. The van der Waals surface area contributed by atoms with Crippen molar-refractivity contribution in [1.29, 1.82) is 0 Å². The van der Waals surface area contributed by atoms with Gasteiger partial charge in [-0.1, -0.05) is 0 Å². The fourth-order valence-electron chi connectivity index (χ4n) is 1.98. The van der Waals surface area contributed by atoms with Gasteiger partial charge in [0.15, 0.2) is 5.82 Å². The number of nitrogens with two attached hydrogens (primary N) is 1. The molecular formula is C11H18N4O2S. The molecule has 6 nitrogen and oxygen atoms in total. The molecule has 1 aliphatic heterocycles. The van der Waals surface area contributed by atoms with Crippen LogP contribution in [0, 0.1) is 0 Å². The predicted octanol–water partition coefficient (Wildman–Crippen LogP) is 0.435. The number of hydrogen-bond donors (Lipinski definition) is 3. The van der Waals surface area contributed by atoms with E-state index in [0.717, 1.165) is 11.5 Å². The lowest BCUT2D eigenvalue weighted by Gasteiger charge is -2.17. The number of hydrogen-bond acceptors (Lipinski definition) is 6. The van der Waals surface area contributed by atoms with Crippen molar-refractivity contribution in [2.24, 2.45) is 0 Å². The van der Waals surface area contributed by atoms with Crippen LogP contribution in [0.4, 0.5) is 10.8 Å². The van der Waals surface area contributed by atoms with Crippen molar-refractivity contribution in [3.63, 3.8) is 0 Å². The number of rotatable bonds is 3. The molecule has 0 spiro atoms. The highest BCUT2D eigenvalue weighted by atomic mass is 32.1. The van der Waals surface area contributed by atoms with Gasteiger partial charge in [0.05, 0.1) is 6.10 Å². The first-order chi connectivity index (χ1) is 8.49. The SMILES string of the molecule is CC(C)NC(=O)c1c(N)nsc1N1CCC(O)C1. The highest BCUT2D eigenvalue weighted by molar-refractivity contribution is 7.11. The molecule has 100 valence electrons. The quantitative estimate of drug-likeness (QED) is 0.741. The van der Waals surface area contributed by atoms with Gasteiger partial charge in [-0.3, -0.25) is 4.79 Å². The molecular weight excluding hydrogens is 252 g/mol. The summed E-state index contributed by atoms with van der Waals surface area (Å²) < 4.78 is 4.05. The van der Waals surface area contributed by atoms with E-state index in [1.807, 2.05) is 18.7 Å². The van der Waals surface area contributed by atoms with Crippen LogP contribution in [0.2, 0.25) is 0 Å². The summed E-state index contributed by atoms with van der Waals surface area (Å²) >= 11 is 1.21. The molecule has 1 atom stereocenters. The Kier molecular flexibility index (Phi) is 3.72. The molecule has 7 heteroatoms. The zero-order valence-electron chi connectivity index (χ0n) is 10.5. The second kappa shape index (κ2) is 5.11. The molecule has 1 fully saturated rings. The number of β-amino-alcohol motifs (C(OH)–C–C–N with tert-alkyl or cyclic N) is 1. The third-order valence-corrected chi connectivity index (χ3v) is 3.72. The Morgan fingerprint density at radius 3 is 2.94 bits per heavy atom. The zero-order valence-corrected chi connectivity index (χ0v) is 11.3. The van der Waals surface area contributed by atoms with Gasteiger partial charge in [-0.15, -0.1) is 0 Å². The van der Waals surface area contributed by atoms with E-state index < -0.39 is 0 Å². The summed E-state index contributed by atoms with van der Waals surface area (Å²) in [7, 11) is 0. The lowest BCUT2D eigenvalue weighted by molar-refractivity contribution is 0.0944. The van der Waals surface area contributed by atoms with Crippen LogP contribution in [0.15, 0.2) is 0 Å². The van der Waals surface area contributed by atoms with Crippen LogP contribution in [0.5, 0.6) is 0 Å². The zero-order chi connectivity index (χ0) is 13.3. The van der Waals surface area contributed by atoms with Gasteiger partial charge in [0.2, 0.25) is 0 Å². The molecule has 2 rings (SSSR count). The molecule has 1 aromatic heterocycles. The van der Waals surface area contributed by atoms with Crippen LogP contribution < -0.4 is 16.0 Å². The number of nitrogens with zero attached hydrogens (tertiary/aromatic N) is 2. The van der Waals surface area contributed by atoms with Gasteiger partial charge in [-0.05, 0) is 31.8 Å². The van der Waals surface area contributed by atoms with Crippen molar-refractivity contribution in [1.82, 2.24) is 9.69 Å². The molecule has 18 heavy (non-hydrogen) atoms. The molecule has 0 radical (unpaired) electrons. The number of nitrogen functional groups attached to an aromatic ring is 1. The minimum atomic E-state index is -0.339. The van der Waals surface area contributed by atoms with E-state index in [-0.39, 0.29) is 23.9 Å². The summed E-state index contributed by atoms with van der Waals surface area (Å²) in [6.45, 7) is 5.05. The molecule has 1 unspecified atom stereocenters. The molecule has 0 aliphatic carbocycles. The molecule has 2 heterocycles. The van der Waals surface area contributed by atoms with Gasteiger partial charge in [0.1, 0.15) is 10.6 Å². The molecule has 1 aliphatic rings. The van der Waals surface area contributed by atoms with E-state index in [0.29, 0.717) is 18.5 Å². The summed E-state index contributed by atoms with van der Waals surface area (Å²) in [5, 5.41) is 13.1. The minimum absolute atomic E-state index is 0.0498. The Bertz CT molecular complexity index is 446. The largest absolute Gasteiger partial charge is 0.391 e. The average molecular weight is 270 g/mol. The van der Waals surface area contributed by atoms with Gasteiger partial charge in [-0.2, -0.15) is 4.37 Å². The standard InChI is InChI=1S/C11H18N4O2S/c1-6(2)13-10(17)8-9(12)14-18-11(8)15-4-3-7(16)5-15/h6-7,16H,3-5H2,1-2H3,(H2,12,14)(H,13,17). The Morgan fingerprint density at radius 2 is 2.39 bits per heavy atom. The van der Waals surface area contributed by atoms with Crippen LogP contribution in [-0.2, 0) is 0 Å². The van der Waals surface area contributed by atoms with Crippen molar-refractivity contribution >= 4 is 28.3 Å². The van der Waals surface area contributed by atoms with Gasteiger partial charge in [0, 0.05) is 19.1 Å². The Balaban J connectivity index is 2.24. The lowest BCUT2D eigenvalue weighted by atomic mass is 10.2. The summed E-state index contributed by atoms with van der Waals surface area (Å²) in [5.74, 6) is 0.0576. The van der Waals surface area contributed by atoms with E-state index >= 15 is 0 Å². The van der Waals surface area contributed by atoms with Crippen LogP contribution in [-0.4, -0.2) is 40.6 Å². The van der Waals surface area contributed by atoms with Gasteiger partial charge in [0.25, 0.3) is 5.91 Å². The maximum absolute atomic E-state index is 12.1. The summed E-state index contributed by atoms with van der Waals surface area (Å²) in [5.41, 5.74) is 6.20. The second-order valence-electron chi connectivity index (χ2n) is 4.76. The maximum Gasteiger partial charge on any atom is 0.258 e. The van der Waals surface area contributed by atoms with Gasteiger partial charge < -0.3 is 21.1 Å². The highest BCUT2D eigenvalue weighted by Gasteiger charge is 2.28. The summed E-state index contributed by atoms with van der Waals surface area (Å²) in [6, 6.07) is 0.0498. The number of aromatic nitrogens is 1. The van der Waals surface area contributed by atoms with Crippen LogP contribution in [0.1, 0.15) is 30.6 Å². The first kappa shape index (κ1) is 13.1. The smallest absolute Gasteiger partial charge is 0.258 e. The Hall–Kier alpha value is -1.34. The van der Waals surface area contributed by atoms with Crippen molar-refractivity contribution < 1.29 is 9.90 Å². The molecule has 0 saturated carbocycles. The number of anilines is 2. The summed E-state index contributed by atoms with van der Waals surface area (Å²) in [6.07, 6.45) is 0.373. The number of nitrogens with one attached hydrogen (secondary N) is 1. The minimum Gasteiger partial charge on any atom is -0.391 e. The van der Waals surface area contributed by atoms with Crippen LogP contribution in [0.25, 0.3) is 0 Å². The van der Waals surface area contributed by atoms with E-state index in [4.69, 9.17) is 5.73 Å². The highest BCUT2D eigenvalue weighted by Crippen LogP contribution is 2.32. The number of aliphatic hydroxyl groups excluding tert-OH is 1. The number of carbonyl (C=O) groups is 1. The third kappa shape index (κ3) is 2.56. The fraction of sp³-hybridized carbons (Fsp3) is 0.636. The Labute approximate surface area is 110 Å². The van der Waals surface area contributed by atoms with E-state index in [2.05, 4.69) is 9.69 Å². The third-order valence-electron chi connectivity index (χ3n) is 2.80. The Morgan fingerprint density at radius 1 is 1.67 bits per heavy atom. The summed E-state index contributed by atoms with van der Waals surface area (Å²) in [4.78, 5) is 14.0. The molecule has 0 aromatic carbocycles. The van der Waals surface area contributed by atoms with Crippen molar-refractivity contribution in [3.8, 4) is 0 Å². The normalized spacial score (nSPS) is 19.6. The van der Waals surface area contributed by atoms with Crippen molar-refractivity contribution in [2.45, 2.75) is 32.4 Å². The first-order valence-corrected chi connectivity index (χ1v) is 6.75. The first-order valence-electron chi connectivity index (χ1n) is 5.98. The maximum atomic E-state index is 12.1. The van der Waals surface area contributed by atoms with Crippen LogP contribution in [0.3, 0.4) is 0 Å². The fourth-order valence-corrected chi connectivity index (χ4v) is 2.83. The molecule has 1 amide bonds. The molecule has 1 aromatic rings. The lowest BCUT2D eigenvalue weighted by Crippen LogP contribution is -2.32. The van der Waals surface area contributed by atoms with E-state index in [9.17, 15) is 9.90 Å². The van der Waals surface area contributed by atoms with E-state index in [1.165, 1.54) is 11.5 Å². The second-order valence-corrected chi connectivity index (χ2v) is 5.52. The topological polar surface area (TPSA) is 91.5 Å². The van der Waals surface area contributed by atoms with Crippen LogP contribution >= 0.6 is 11.5 Å². The average Bonchev–Trinajstić information content (AvgIpc) is 2.83. The van der Waals surface area contributed by atoms with Crippen molar-refractivity contribution in [2.75, 3.05) is 23.7 Å². The molecule has 1 saturated heterocycles.